The van der Waals surface area contributed by atoms with E-state index in [0.29, 0.717) is 52.5 Å². The molecule has 2 aromatic carbocycles. The third-order valence-corrected chi connectivity index (χ3v) is 7.34. The van der Waals surface area contributed by atoms with E-state index in [9.17, 15) is 4.79 Å². The summed E-state index contributed by atoms with van der Waals surface area (Å²) in [5, 5.41) is 10.4. The minimum absolute atomic E-state index is 0.0307. The highest BCUT2D eigenvalue weighted by Gasteiger charge is 2.23. The smallest absolute Gasteiger partial charge is 0.253 e. The average Bonchev–Trinajstić information content (AvgIpc) is 2.79. The minimum Gasteiger partial charge on any atom is -0.394 e. The van der Waals surface area contributed by atoms with Gasteiger partial charge in [-0.1, -0.05) is 59.2 Å². The van der Waals surface area contributed by atoms with Crippen LogP contribution in [0, 0.1) is 0 Å². The third-order valence-electron chi connectivity index (χ3n) is 5.10. The molecule has 9 heteroatoms. The predicted molar refractivity (Wildman–Crippen MR) is 132 cm³/mol. The lowest BCUT2D eigenvalue weighted by molar-refractivity contribution is -0.126. The summed E-state index contributed by atoms with van der Waals surface area (Å²) in [4.78, 5) is 18.7. The number of ether oxygens (including phenoxy) is 1. The molecule has 5 nitrogen and oxygen atoms in total. The van der Waals surface area contributed by atoms with Crippen LogP contribution in [0.2, 0.25) is 15.1 Å². The summed E-state index contributed by atoms with van der Waals surface area (Å²) in [7, 11) is 0. The zero-order valence-corrected chi connectivity index (χ0v) is 20.6. The number of hydrogen-bond donors (Lipinski definition) is 1. The number of carbonyl (C=O) groups excluding carboxylic acids is 1. The normalized spacial score (nSPS) is 14.6. The Kier molecular flexibility index (Phi) is 9.74. The Morgan fingerprint density at radius 1 is 1.00 bits per heavy atom. The first-order chi connectivity index (χ1) is 15.4. The van der Waals surface area contributed by atoms with Gasteiger partial charge in [0.2, 0.25) is 0 Å². The number of rotatable bonds is 9. The summed E-state index contributed by atoms with van der Waals surface area (Å²) >= 11 is 20.2. The van der Waals surface area contributed by atoms with Crippen molar-refractivity contribution in [1.29, 1.82) is 0 Å². The first kappa shape index (κ1) is 25.4. The first-order valence-corrected chi connectivity index (χ1v) is 12.2. The SMILES string of the molecule is C=C(C(=O)N1CCN(CCOCCO)CC1)c1ccc(Sc2ccc(Cl)cc2Cl)c(Cl)c1. The Labute approximate surface area is 207 Å². The van der Waals surface area contributed by atoms with E-state index in [4.69, 9.17) is 44.6 Å². The number of halogens is 3. The van der Waals surface area contributed by atoms with Gasteiger partial charge in [0.25, 0.3) is 5.91 Å². The third kappa shape index (κ3) is 6.87. The fourth-order valence-electron chi connectivity index (χ4n) is 3.30. The van der Waals surface area contributed by atoms with Crippen molar-refractivity contribution in [3.8, 4) is 0 Å². The molecule has 1 aliphatic heterocycles. The van der Waals surface area contributed by atoms with Crippen molar-refractivity contribution in [3.63, 3.8) is 0 Å². The summed E-state index contributed by atoms with van der Waals surface area (Å²) in [6.07, 6.45) is 0. The van der Waals surface area contributed by atoms with Gasteiger partial charge in [-0.15, -0.1) is 0 Å². The van der Waals surface area contributed by atoms with Crippen molar-refractivity contribution in [2.75, 3.05) is 52.5 Å². The van der Waals surface area contributed by atoms with Gasteiger partial charge in [-0.25, -0.2) is 0 Å². The Hall–Kier alpha value is -1.25. The largest absolute Gasteiger partial charge is 0.394 e. The lowest BCUT2D eigenvalue weighted by Crippen LogP contribution is -2.49. The molecule has 1 saturated heterocycles. The zero-order chi connectivity index (χ0) is 23.1. The summed E-state index contributed by atoms with van der Waals surface area (Å²) in [5.74, 6) is -0.0848. The van der Waals surface area contributed by atoms with Gasteiger partial charge in [0, 0.05) is 53.1 Å². The summed E-state index contributed by atoms with van der Waals surface area (Å²) < 4.78 is 5.31. The van der Waals surface area contributed by atoms with Crippen LogP contribution in [0.5, 0.6) is 0 Å². The van der Waals surface area contributed by atoms with E-state index in [0.717, 1.165) is 29.4 Å². The highest BCUT2D eigenvalue weighted by molar-refractivity contribution is 7.99. The molecule has 0 spiro atoms. The Bertz CT molecular complexity index is 965. The zero-order valence-electron chi connectivity index (χ0n) is 17.5. The molecule has 1 amide bonds. The summed E-state index contributed by atoms with van der Waals surface area (Å²) in [5.41, 5.74) is 1.12. The lowest BCUT2D eigenvalue weighted by atomic mass is 10.1. The second-order valence-electron chi connectivity index (χ2n) is 7.27. The van der Waals surface area contributed by atoms with Crippen molar-refractivity contribution in [2.24, 2.45) is 0 Å². The van der Waals surface area contributed by atoms with Gasteiger partial charge in [0.15, 0.2) is 0 Å². The molecule has 1 heterocycles. The fourth-order valence-corrected chi connectivity index (χ4v) is 4.94. The van der Waals surface area contributed by atoms with Crippen LogP contribution in [0.15, 0.2) is 52.8 Å². The van der Waals surface area contributed by atoms with Crippen LogP contribution < -0.4 is 0 Å². The van der Waals surface area contributed by atoms with E-state index in [-0.39, 0.29) is 12.5 Å². The van der Waals surface area contributed by atoms with Crippen LogP contribution in [0.3, 0.4) is 0 Å². The van der Waals surface area contributed by atoms with Crippen LogP contribution in [-0.2, 0) is 9.53 Å². The number of carbonyl (C=O) groups is 1. The van der Waals surface area contributed by atoms with Gasteiger partial charge < -0.3 is 14.7 Å². The predicted octanol–water partition coefficient (Wildman–Crippen LogP) is 4.96. The van der Waals surface area contributed by atoms with Crippen LogP contribution in [-0.4, -0.2) is 73.4 Å². The summed E-state index contributed by atoms with van der Waals surface area (Å²) in [6.45, 7) is 8.58. The Morgan fingerprint density at radius 2 is 1.66 bits per heavy atom. The van der Waals surface area contributed by atoms with E-state index >= 15 is 0 Å². The summed E-state index contributed by atoms with van der Waals surface area (Å²) in [6, 6.07) is 10.8. The topological polar surface area (TPSA) is 53.0 Å². The van der Waals surface area contributed by atoms with Crippen LogP contribution in [0.4, 0.5) is 0 Å². The molecule has 172 valence electrons. The molecule has 0 aliphatic carbocycles. The van der Waals surface area contributed by atoms with Gasteiger partial charge in [-0.3, -0.25) is 9.69 Å². The fraction of sp³-hybridized carbons (Fsp3) is 0.348. The lowest BCUT2D eigenvalue weighted by Gasteiger charge is -2.35. The van der Waals surface area contributed by atoms with Crippen LogP contribution >= 0.6 is 46.6 Å². The number of hydrogen-bond acceptors (Lipinski definition) is 5. The Balaban J connectivity index is 1.57. The van der Waals surface area contributed by atoms with Gasteiger partial charge in [-0.05, 0) is 35.9 Å². The first-order valence-electron chi connectivity index (χ1n) is 10.2. The minimum atomic E-state index is -0.0848. The van der Waals surface area contributed by atoms with E-state index in [1.165, 1.54) is 11.8 Å². The molecule has 1 N–H and O–H groups in total. The maximum atomic E-state index is 12.9. The van der Waals surface area contributed by atoms with Crippen molar-refractivity contribution >= 4 is 58.0 Å². The number of benzene rings is 2. The van der Waals surface area contributed by atoms with E-state index < -0.39 is 0 Å². The number of nitrogens with zero attached hydrogens (tertiary/aromatic N) is 2. The molecule has 0 radical (unpaired) electrons. The Morgan fingerprint density at radius 3 is 2.28 bits per heavy atom. The average molecular weight is 516 g/mol. The van der Waals surface area contributed by atoms with Gasteiger partial charge in [0.05, 0.1) is 29.9 Å². The molecule has 2 aromatic rings. The standard InChI is InChI=1S/C23H25Cl3N2O3S/c1-16(23(30)28-8-6-27(7-9-28)10-12-31-13-11-29)17-2-4-21(19(25)14-17)32-22-5-3-18(24)15-20(22)26/h2-5,14-15,29H,1,6-13H2. The highest BCUT2D eigenvalue weighted by atomic mass is 35.5. The van der Waals surface area contributed by atoms with E-state index in [2.05, 4.69) is 11.5 Å². The second kappa shape index (κ2) is 12.3. The van der Waals surface area contributed by atoms with Crippen molar-refractivity contribution in [2.45, 2.75) is 9.79 Å². The quantitative estimate of drug-likeness (QED) is 0.378. The maximum absolute atomic E-state index is 12.9. The number of aliphatic hydroxyl groups excluding tert-OH is 1. The molecular formula is C23H25Cl3N2O3S. The molecule has 1 aliphatic rings. The molecule has 3 rings (SSSR count). The molecular weight excluding hydrogens is 491 g/mol. The molecule has 0 unspecified atom stereocenters. The molecule has 32 heavy (non-hydrogen) atoms. The van der Waals surface area contributed by atoms with E-state index in [1.54, 1.807) is 18.2 Å². The van der Waals surface area contributed by atoms with Crippen LogP contribution in [0.25, 0.3) is 5.57 Å². The monoisotopic (exact) mass is 514 g/mol. The van der Waals surface area contributed by atoms with Gasteiger partial charge >= 0.3 is 0 Å². The second-order valence-corrected chi connectivity index (χ2v) is 9.60. The number of piperazine rings is 1. The van der Waals surface area contributed by atoms with Crippen LogP contribution in [0.1, 0.15) is 5.56 Å². The molecule has 1 fully saturated rings. The van der Waals surface area contributed by atoms with Crippen molar-refractivity contribution < 1.29 is 14.6 Å². The number of aliphatic hydroxyl groups is 1. The van der Waals surface area contributed by atoms with Crippen molar-refractivity contribution in [3.05, 3.63) is 63.6 Å². The highest BCUT2D eigenvalue weighted by Crippen LogP contribution is 2.39. The molecule has 0 atom stereocenters. The molecule has 0 saturated carbocycles. The molecule has 0 bridgehead atoms. The maximum Gasteiger partial charge on any atom is 0.253 e. The number of amides is 1. The van der Waals surface area contributed by atoms with E-state index in [1.807, 2.05) is 23.1 Å². The molecule has 0 aromatic heterocycles. The van der Waals surface area contributed by atoms with Gasteiger partial charge in [0.1, 0.15) is 0 Å². The van der Waals surface area contributed by atoms with Crippen molar-refractivity contribution in [1.82, 2.24) is 9.80 Å². The van der Waals surface area contributed by atoms with Gasteiger partial charge in [-0.2, -0.15) is 0 Å².